The van der Waals surface area contributed by atoms with E-state index in [4.69, 9.17) is 10.5 Å². The molecule has 1 fully saturated rings. The molecule has 1 saturated carbocycles. The molecule has 1 aliphatic carbocycles. The number of nitrogen functional groups attached to an aromatic ring is 1. The maximum atomic E-state index is 5.76. The van der Waals surface area contributed by atoms with Crippen molar-refractivity contribution in [2.45, 2.75) is 19.3 Å². The quantitative estimate of drug-likeness (QED) is 0.566. The van der Waals surface area contributed by atoms with E-state index in [1.165, 1.54) is 18.4 Å². The number of benzene rings is 1. The summed E-state index contributed by atoms with van der Waals surface area (Å²) in [5.41, 5.74) is 7.92. The summed E-state index contributed by atoms with van der Waals surface area (Å²) in [6.07, 6.45) is 3.78. The van der Waals surface area contributed by atoms with Gasteiger partial charge in [-0.3, -0.25) is 0 Å². The molecular weight excluding hydrogens is 224 g/mol. The molecule has 1 aliphatic rings. The van der Waals surface area contributed by atoms with E-state index in [2.05, 4.69) is 24.1 Å². The standard InChI is InChI=1S/C15H24N2O/c1-17(9-10-18-12-14-5-6-14)8-7-13-3-2-4-15(16)11-13/h2-4,11,14H,5-10,12,16H2,1H3. The summed E-state index contributed by atoms with van der Waals surface area (Å²) in [4.78, 5) is 2.32. The molecule has 18 heavy (non-hydrogen) atoms. The number of hydrogen-bond donors (Lipinski definition) is 1. The number of rotatable bonds is 8. The molecular formula is C15H24N2O. The average molecular weight is 248 g/mol. The molecule has 3 heteroatoms. The third kappa shape index (κ3) is 5.07. The van der Waals surface area contributed by atoms with E-state index >= 15 is 0 Å². The highest BCUT2D eigenvalue weighted by molar-refractivity contribution is 5.40. The molecule has 0 radical (unpaired) electrons. The zero-order valence-corrected chi connectivity index (χ0v) is 11.3. The smallest absolute Gasteiger partial charge is 0.0593 e. The Balaban J connectivity index is 1.57. The Labute approximate surface area is 110 Å². The van der Waals surface area contributed by atoms with Crippen LogP contribution in [0.25, 0.3) is 0 Å². The van der Waals surface area contributed by atoms with Gasteiger partial charge in [0.1, 0.15) is 0 Å². The minimum atomic E-state index is 0.850. The lowest BCUT2D eigenvalue weighted by Gasteiger charge is -2.16. The second-order valence-corrected chi connectivity index (χ2v) is 5.32. The van der Waals surface area contributed by atoms with Crippen LogP contribution in [0, 0.1) is 5.92 Å². The maximum Gasteiger partial charge on any atom is 0.0593 e. The van der Waals surface area contributed by atoms with Crippen molar-refractivity contribution < 1.29 is 4.74 Å². The molecule has 0 amide bonds. The Morgan fingerprint density at radius 3 is 2.89 bits per heavy atom. The first-order chi connectivity index (χ1) is 8.74. The van der Waals surface area contributed by atoms with E-state index < -0.39 is 0 Å². The maximum absolute atomic E-state index is 5.76. The van der Waals surface area contributed by atoms with Crippen LogP contribution in [0.5, 0.6) is 0 Å². The molecule has 1 aromatic rings. The molecule has 0 saturated heterocycles. The van der Waals surface area contributed by atoms with E-state index in [1.54, 1.807) is 0 Å². The monoisotopic (exact) mass is 248 g/mol. The Hall–Kier alpha value is -1.06. The highest BCUT2D eigenvalue weighted by Gasteiger charge is 2.20. The van der Waals surface area contributed by atoms with Gasteiger partial charge in [-0.25, -0.2) is 0 Å². The molecule has 0 spiro atoms. The molecule has 1 aromatic carbocycles. The first-order valence-corrected chi connectivity index (χ1v) is 6.85. The van der Waals surface area contributed by atoms with Crippen LogP contribution in [0.1, 0.15) is 18.4 Å². The van der Waals surface area contributed by atoms with Crippen LogP contribution in [0.2, 0.25) is 0 Å². The molecule has 2 rings (SSSR count). The third-order valence-electron chi connectivity index (χ3n) is 3.40. The van der Waals surface area contributed by atoms with Gasteiger partial charge in [0, 0.05) is 25.4 Å². The molecule has 0 atom stereocenters. The Morgan fingerprint density at radius 2 is 2.17 bits per heavy atom. The van der Waals surface area contributed by atoms with Crippen LogP contribution < -0.4 is 5.73 Å². The SMILES string of the molecule is CN(CCOCC1CC1)CCc1cccc(N)c1. The fraction of sp³-hybridized carbons (Fsp3) is 0.600. The van der Waals surface area contributed by atoms with Crippen molar-refractivity contribution >= 4 is 5.69 Å². The van der Waals surface area contributed by atoms with Crippen LogP contribution in [0.4, 0.5) is 5.69 Å². The van der Waals surface area contributed by atoms with Crippen molar-refractivity contribution in [3.63, 3.8) is 0 Å². The molecule has 0 unspecified atom stereocenters. The van der Waals surface area contributed by atoms with E-state index in [0.29, 0.717) is 0 Å². The summed E-state index contributed by atoms with van der Waals surface area (Å²) < 4.78 is 5.64. The average Bonchev–Trinajstić information content (AvgIpc) is 3.16. The predicted molar refractivity (Wildman–Crippen MR) is 75.6 cm³/mol. The van der Waals surface area contributed by atoms with Gasteiger partial charge in [-0.15, -0.1) is 0 Å². The normalized spacial score (nSPS) is 15.2. The lowest BCUT2D eigenvalue weighted by Crippen LogP contribution is -2.25. The lowest BCUT2D eigenvalue weighted by atomic mass is 10.1. The highest BCUT2D eigenvalue weighted by Crippen LogP contribution is 2.28. The topological polar surface area (TPSA) is 38.5 Å². The van der Waals surface area contributed by atoms with Gasteiger partial charge in [0.25, 0.3) is 0 Å². The number of anilines is 1. The second kappa shape index (κ2) is 6.76. The molecule has 100 valence electrons. The minimum absolute atomic E-state index is 0.850. The first kappa shape index (κ1) is 13.4. The van der Waals surface area contributed by atoms with Crippen LogP contribution in [0.15, 0.2) is 24.3 Å². The van der Waals surface area contributed by atoms with Gasteiger partial charge >= 0.3 is 0 Å². The number of likely N-dealkylation sites (N-methyl/N-ethyl adjacent to an activating group) is 1. The van der Waals surface area contributed by atoms with Gasteiger partial charge in [-0.05, 0) is 49.9 Å². The zero-order chi connectivity index (χ0) is 12.8. The van der Waals surface area contributed by atoms with Crippen molar-refractivity contribution in [2.24, 2.45) is 5.92 Å². The molecule has 0 aliphatic heterocycles. The zero-order valence-electron chi connectivity index (χ0n) is 11.3. The van der Waals surface area contributed by atoms with E-state index in [0.717, 1.165) is 44.3 Å². The van der Waals surface area contributed by atoms with Gasteiger partial charge in [0.2, 0.25) is 0 Å². The molecule has 0 heterocycles. The first-order valence-electron chi connectivity index (χ1n) is 6.85. The third-order valence-corrected chi connectivity index (χ3v) is 3.40. The van der Waals surface area contributed by atoms with Gasteiger partial charge in [-0.1, -0.05) is 12.1 Å². The van der Waals surface area contributed by atoms with E-state index in [9.17, 15) is 0 Å². The molecule has 2 N–H and O–H groups in total. The summed E-state index contributed by atoms with van der Waals surface area (Å²) >= 11 is 0. The summed E-state index contributed by atoms with van der Waals surface area (Å²) in [5.74, 6) is 0.864. The van der Waals surface area contributed by atoms with Crippen molar-refractivity contribution in [2.75, 3.05) is 39.1 Å². The lowest BCUT2D eigenvalue weighted by molar-refractivity contribution is 0.104. The Bertz CT molecular complexity index is 363. The van der Waals surface area contributed by atoms with Gasteiger partial charge in [-0.2, -0.15) is 0 Å². The number of nitrogens with two attached hydrogens (primary N) is 1. The van der Waals surface area contributed by atoms with Crippen molar-refractivity contribution in [3.05, 3.63) is 29.8 Å². The molecule has 0 aromatic heterocycles. The van der Waals surface area contributed by atoms with Crippen LogP contribution >= 0.6 is 0 Å². The highest BCUT2D eigenvalue weighted by atomic mass is 16.5. The fourth-order valence-corrected chi connectivity index (χ4v) is 1.94. The largest absolute Gasteiger partial charge is 0.399 e. The number of hydrogen-bond acceptors (Lipinski definition) is 3. The summed E-state index contributed by atoms with van der Waals surface area (Å²) in [5, 5.41) is 0. The molecule has 0 bridgehead atoms. The van der Waals surface area contributed by atoms with Crippen molar-refractivity contribution in [1.82, 2.24) is 4.90 Å². The summed E-state index contributed by atoms with van der Waals surface area (Å²) in [6, 6.07) is 8.13. The molecule has 3 nitrogen and oxygen atoms in total. The van der Waals surface area contributed by atoms with Gasteiger partial charge in [0.15, 0.2) is 0 Å². The second-order valence-electron chi connectivity index (χ2n) is 5.32. The van der Waals surface area contributed by atoms with E-state index in [-0.39, 0.29) is 0 Å². The van der Waals surface area contributed by atoms with Gasteiger partial charge < -0.3 is 15.4 Å². The van der Waals surface area contributed by atoms with Crippen LogP contribution in [-0.2, 0) is 11.2 Å². The van der Waals surface area contributed by atoms with E-state index in [1.807, 2.05) is 12.1 Å². The van der Waals surface area contributed by atoms with Crippen LogP contribution in [0.3, 0.4) is 0 Å². The Morgan fingerprint density at radius 1 is 1.33 bits per heavy atom. The van der Waals surface area contributed by atoms with Crippen molar-refractivity contribution in [1.29, 1.82) is 0 Å². The minimum Gasteiger partial charge on any atom is -0.399 e. The van der Waals surface area contributed by atoms with Crippen LogP contribution in [-0.4, -0.2) is 38.3 Å². The number of nitrogens with zero attached hydrogens (tertiary/aromatic N) is 1. The Kier molecular flexibility index (Phi) is 5.02. The number of ether oxygens (including phenoxy) is 1. The summed E-state index contributed by atoms with van der Waals surface area (Å²) in [6.45, 7) is 3.87. The van der Waals surface area contributed by atoms with Gasteiger partial charge in [0.05, 0.1) is 6.61 Å². The fourth-order valence-electron chi connectivity index (χ4n) is 1.94. The predicted octanol–water partition coefficient (Wildman–Crippen LogP) is 2.17. The van der Waals surface area contributed by atoms with Crippen molar-refractivity contribution in [3.8, 4) is 0 Å². The summed E-state index contributed by atoms with van der Waals surface area (Å²) in [7, 11) is 2.15.